The normalized spacial score (nSPS) is 10.3. The summed E-state index contributed by atoms with van der Waals surface area (Å²) in [5.74, 6) is 0.757. The molecule has 0 fully saturated rings. The minimum atomic E-state index is -0.507. The fourth-order valence-electron chi connectivity index (χ4n) is 1.95. The average molecular weight is 471 g/mol. The number of rotatable bonds is 7. The number of hydrogen-bond donors (Lipinski definition) is 1. The van der Waals surface area contributed by atoms with Gasteiger partial charge in [-0.2, -0.15) is 0 Å². The number of H-pyrrole nitrogens is 1. The molecule has 1 heterocycles. The van der Waals surface area contributed by atoms with Gasteiger partial charge in [-0.1, -0.05) is 0 Å². The van der Waals surface area contributed by atoms with Gasteiger partial charge < -0.3 is 29.1 Å². The minimum Gasteiger partial charge on any atom is -0.444 e. The lowest BCUT2D eigenvalue weighted by Crippen LogP contribution is -2.37. The van der Waals surface area contributed by atoms with E-state index in [1.54, 1.807) is 45.0 Å². The van der Waals surface area contributed by atoms with Gasteiger partial charge in [-0.3, -0.25) is 9.59 Å². The van der Waals surface area contributed by atoms with Gasteiger partial charge in [0, 0.05) is 25.5 Å². The zero-order valence-electron chi connectivity index (χ0n) is 20.9. The van der Waals surface area contributed by atoms with Crippen LogP contribution < -0.4 is 0 Å². The van der Waals surface area contributed by atoms with Crippen molar-refractivity contribution in [1.82, 2.24) is 19.8 Å². The Morgan fingerprint density at radius 1 is 0.909 bits per heavy atom. The van der Waals surface area contributed by atoms with E-state index >= 15 is 0 Å². The number of hydrogen-bond acceptors (Lipinski definition) is 8. The van der Waals surface area contributed by atoms with Crippen LogP contribution in [0.1, 0.15) is 61.2 Å². The molecule has 0 unspecified atom stereocenters. The smallest absolute Gasteiger partial charge is 0.410 e. The highest BCUT2D eigenvalue weighted by atomic mass is 16.6. The van der Waals surface area contributed by atoms with Crippen molar-refractivity contribution in [2.24, 2.45) is 0 Å². The standard InChI is InChI=1S/C11H19N3O2.C9H17NO3.C2H2O2/c1-5-14(8-9-12-6-7-13-9)10(15)16-11(2,3)4;1-5-10(6-7-11)8(12)13-9(2,3)4;3-1-2-4/h6-7H,5,8H2,1-4H3,(H,12,13);7H,5-6H2,1-4H3;1-2H. The van der Waals surface area contributed by atoms with E-state index in [0.717, 1.165) is 5.82 Å². The van der Waals surface area contributed by atoms with Crippen molar-refractivity contribution < 1.29 is 33.4 Å². The summed E-state index contributed by atoms with van der Waals surface area (Å²) in [5, 5.41) is 0. The molecule has 0 aromatic carbocycles. The van der Waals surface area contributed by atoms with Crippen molar-refractivity contribution in [3.63, 3.8) is 0 Å². The molecule has 1 rings (SSSR count). The predicted molar refractivity (Wildman–Crippen MR) is 123 cm³/mol. The molecule has 0 radical (unpaired) electrons. The molecule has 1 aromatic rings. The fourth-order valence-corrected chi connectivity index (χ4v) is 1.95. The van der Waals surface area contributed by atoms with E-state index < -0.39 is 17.3 Å². The number of nitrogens with one attached hydrogen (secondary N) is 1. The highest BCUT2D eigenvalue weighted by Crippen LogP contribution is 2.11. The second-order valence-electron chi connectivity index (χ2n) is 8.49. The zero-order chi connectivity index (χ0) is 26.1. The third kappa shape index (κ3) is 18.1. The molecule has 2 amide bonds. The van der Waals surface area contributed by atoms with Crippen LogP contribution in [0, 0.1) is 0 Å². The number of carbonyl (C=O) groups is 5. The molecule has 1 aromatic heterocycles. The monoisotopic (exact) mass is 470 g/mol. The molecule has 33 heavy (non-hydrogen) atoms. The van der Waals surface area contributed by atoms with E-state index in [2.05, 4.69) is 9.97 Å². The van der Waals surface area contributed by atoms with Crippen LogP contribution in [0.3, 0.4) is 0 Å². The lowest BCUT2D eigenvalue weighted by Gasteiger charge is -2.25. The van der Waals surface area contributed by atoms with Gasteiger partial charge in [0.1, 0.15) is 23.3 Å². The number of ether oxygens (including phenoxy) is 2. The first-order valence-corrected chi connectivity index (χ1v) is 10.5. The molecule has 1 N–H and O–H groups in total. The summed E-state index contributed by atoms with van der Waals surface area (Å²) in [7, 11) is 0. The first-order chi connectivity index (χ1) is 15.2. The lowest BCUT2D eigenvalue weighted by atomic mass is 10.2. The van der Waals surface area contributed by atoms with Gasteiger partial charge in [0.05, 0.1) is 13.1 Å². The Hall–Kier alpha value is -3.24. The van der Waals surface area contributed by atoms with Crippen LogP contribution in [0.5, 0.6) is 0 Å². The summed E-state index contributed by atoms with van der Waals surface area (Å²) < 4.78 is 10.4. The van der Waals surface area contributed by atoms with Crippen LogP contribution >= 0.6 is 0 Å². The number of imidazole rings is 1. The molecule has 0 bridgehead atoms. The highest BCUT2D eigenvalue weighted by Gasteiger charge is 2.22. The predicted octanol–water partition coefficient (Wildman–Crippen LogP) is 2.99. The van der Waals surface area contributed by atoms with Gasteiger partial charge in [-0.15, -0.1) is 0 Å². The number of aldehydes is 3. The molecule has 188 valence electrons. The van der Waals surface area contributed by atoms with Gasteiger partial charge in [-0.05, 0) is 55.4 Å². The van der Waals surface area contributed by atoms with Crippen LogP contribution in [-0.2, 0) is 30.4 Å². The molecular weight excluding hydrogens is 432 g/mol. The molecule has 0 aliphatic rings. The average Bonchev–Trinajstić information content (AvgIpc) is 3.21. The summed E-state index contributed by atoms with van der Waals surface area (Å²) in [5.41, 5.74) is -0.971. The topological polar surface area (TPSA) is 139 Å². The van der Waals surface area contributed by atoms with E-state index in [1.165, 1.54) is 4.90 Å². The van der Waals surface area contributed by atoms with Crippen molar-refractivity contribution in [3.05, 3.63) is 18.2 Å². The minimum absolute atomic E-state index is 0.0887. The summed E-state index contributed by atoms with van der Waals surface area (Å²) >= 11 is 0. The Balaban J connectivity index is 0. The molecule has 0 aliphatic heterocycles. The number of aromatic nitrogens is 2. The second kappa shape index (κ2) is 16.4. The maximum Gasteiger partial charge on any atom is 0.410 e. The van der Waals surface area contributed by atoms with E-state index in [1.807, 2.05) is 27.7 Å². The maximum atomic E-state index is 11.8. The maximum absolute atomic E-state index is 11.8. The van der Waals surface area contributed by atoms with Crippen LogP contribution in [0.15, 0.2) is 12.4 Å². The van der Waals surface area contributed by atoms with Gasteiger partial charge in [-0.25, -0.2) is 14.6 Å². The Morgan fingerprint density at radius 3 is 1.67 bits per heavy atom. The molecule has 0 spiro atoms. The number of aromatic amines is 1. The largest absolute Gasteiger partial charge is 0.444 e. The fraction of sp³-hybridized carbons (Fsp3) is 0.636. The number of amides is 2. The molecule has 11 nitrogen and oxygen atoms in total. The Bertz CT molecular complexity index is 701. The van der Waals surface area contributed by atoms with Gasteiger partial charge in [0.25, 0.3) is 0 Å². The van der Waals surface area contributed by atoms with Crippen molar-refractivity contribution in [2.75, 3.05) is 19.6 Å². The molecule has 0 saturated carbocycles. The molecule has 0 atom stereocenters. The Kier molecular flexibility index (Phi) is 15.9. The SMILES string of the molecule is CCN(CC=O)C(=O)OC(C)(C)C.CCN(Cc1ncc[nH]1)C(=O)OC(C)(C)C.O=CC=O. The summed E-state index contributed by atoms with van der Waals surface area (Å²) in [6.45, 7) is 16.2. The summed E-state index contributed by atoms with van der Waals surface area (Å²) in [6.07, 6.45) is 3.72. The van der Waals surface area contributed by atoms with Gasteiger partial charge >= 0.3 is 12.2 Å². The molecule has 11 heteroatoms. The van der Waals surface area contributed by atoms with Crippen molar-refractivity contribution in [2.45, 2.75) is 73.1 Å². The van der Waals surface area contributed by atoms with E-state index in [-0.39, 0.29) is 25.2 Å². The first-order valence-electron chi connectivity index (χ1n) is 10.5. The van der Waals surface area contributed by atoms with Crippen molar-refractivity contribution in [3.8, 4) is 0 Å². The van der Waals surface area contributed by atoms with Crippen molar-refractivity contribution >= 4 is 31.0 Å². The first kappa shape index (κ1) is 31.9. The van der Waals surface area contributed by atoms with Crippen LogP contribution in [-0.4, -0.2) is 81.6 Å². The number of likely N-dealkylation sites (N-methyl/N-ethyl adjacent to an activating group) is 1. The zero-order valence-corrected chi connectivity index (χ0v) is 20.9. The summed E-state index contributed by atoms with van der Waals surface area (Å²) in [4.78, 5) is 60.9. The Morgan fingerprint density at radius 2 is 1.36 bits per heavy atom. The highest BCUT2D eigenvalue weighted by molar-refractivity contribution is 6.09. The van der Waals surface area contributed by atoms with Gasteiger partial charge in [0.15, 0.2) is 12.6 Å². The molecular formula is C22H38N4O7. The van der Waals surface area contributed by atoms with E-state index in [4.69, 9.17) is 19.1 Å². The van der Waals surface area contributed by atoms with Crippen molar-refractivity contribution in [1.29, 1.82) is 0 Å². The molecule has 0 aliphatic carbocycles. The van der Waals surface area contributed by atoms with E-state index in [0.29, 0.717) is 25.9 Å². The van der Waals surface area contributed by atoms with Crippen LogP contribution in [0.4, 0.5) is 9.59 Å². The number of nitrogens with zero attached hydrogens (tertiary/aromatic N) is 3. The quantitative estimate of drug-likeness (QED) is 0.474. The van der Waals surface area contributed by atoms with Crippen LogP contribution in [0.2, 0.25) is 0 Å². The number of carbonyl (C=O) groups excluding carboxylic acids is 5. The van der Waals surface area contributed by atoms with Gasteiger partial charge in [0.2, 0.25) is 0 Å². The summed E-state index contributed by atoms with van der Waals surface area (Å²) in [6, 6.07) is 0. The molecule has 0 saturated heterocycles. The second-order valence-corrected chi connectivity index (χ2v) is 8.49. The third-order valence-electron chi connectivity index (χ3n) is 3.31. The Labute approximate surface area is 195 Å². The van der Waals surface area contributed by atoms with E-state index in [9.17, 15) is 14.4 Å². The van der Waals surface area contributed by atoms with Crippen LogP contribution in [0.25, 0.3) is 0 Å². The third-order valence-corrected chi connectivity index (χ3v) is 3.31. The lowest BCUT2D eigenvalue weighted by molar-refractivity contribution is -0.122.